The minimum Gasteiger partial charge on any atom is -0.378 e. The molecular weight excluding hydrogens is 272 g/mol. The smallest absolute Gasteiger partial charge is 0.339 e. The van der Waals surface area contributed by atoms with Gasteiger partial charge >= 0.3 is 10.1 Å². The van der Waals surface area contributed by atoms with Crippen molar-refractivity contribution in [2.45, 2.75) is 4.90 Å². The Kier molecular flexibility index (Phi) is 2.20. The summed E-state index contributed by atoms with van der Waals surface area (Å²) in [7, 11) is -3.72. The third-order valence-corrected chi connectivity index (χ3v) is 4.79. The van der Waals surface area contributed by atoms with E-state index >= 15 is 0 Å². The molecule has 0 N–H and O–H groups in total. The molecule has 0 radical (unpaired) electrons. The number of hydrogen-bond donors (Lipinski definition) is 0. The van der Waals surface area contributed by atoms with E-state index in [9.17, 15) is 8.42 Å². The van der Waals surface area contributed by atoms with Crippen molar-refractivity contribution in [2.24, 2.45) is 0 Å². The van der Waals surface area contributed by atoms with Crippen LogP contribution >= 0.6 is 0 Å². The van der Waals surface area contributed by atoms with Crippen molar-refractivity contribution in [3.05, 3.63) is 60.7 Å². The summed E-state index contributed by atoms with van der Waals surface area (Å²) in [5.41, 5.74) is 1.51. The Balaban J connectivity index is 2.13. The van der Waals surface area contributed by atoms with Crippen molar-refractivity contribution in [3.8, 4) is 16.9 Å². The Morgan fingerprint density at radius 1 is 0.750 bits per heavy atom. The molecule has 0 aromatic heterocycles. The van der Waals surface area contributed by atoms with Gasteiger partial charge in [-0.05, 0) is 29.0 Å². The predicted molar refractivity (Wildman–Crippen MR) is 77.2 cm³/mol. The highest BCUT2D eigenvalue weighted by molar-refractivity contribution is 7.87. The van der Waals surface area contributed by atoms with Gasteiger partial charge in [-0.15, -0.1) is 0 Å². The molecule has 0 unspecified atom stereocenters. The van der Waals surface area contributed by atoms with E-state index in [0.29, 0.717) is 11.3 Å². The van der Waals surface area contributed by atoms with Crippen LogP contribution in [0.4, 0.5) is 0 Å². The summed E-state index contributed by atoms with van der Waals surface area (Å²) in [6.07, 6.45) is 0. The third-order valence-electron chi connectivity index (χ3n) is 3.49. The van der Waals surface area contributed by atoms with E-state index < -0.39 is 10.1 Å². The second-order valence-corrected chi connectivity index (χ2v) is 6.24. The highest BCUT2D eigenvalue weighted by atomic mass is 32.2. The molecule has 0 aliphatic carbocycles. The zero-order valence-corrected chi connectivity index (χ0v) is 11.2. The second kappa shape index (κ2) is 3.84. The van der Waals surface area contributed by atoms with E-state index in [1.54, 1.807) is 18.2 Å². The van der Waals surface area contributed by atoms with E-state index in [4.69, 9.17) is 4.18 Å². The largest absolute Gasteiger partial charge is 0.378 e. The lowest BCUT2D eigenvalue weighted by molar-refractivity contribution is 0.483. The average Bonchev–Trinajstić information content (AvgIpc) is 2.45. The fourth-order valence-electron chi connectivity index (χ4n) is 2.57. The molecule has 3 aromatic rings. The van der Waals surface area contributed by atoms with Gasteiger partial charge in [0, 0.05) is 11.1 Å². The van der Waals surface area contributed by atoms with Crippen LogP contribution in [-0.4, -0.2) is 8.42 Å². The molecule has 0 atom stereocenters. The summed E-state index contributed by atoms with van der Waals surface area (Å²) in [6, 6.07) is 18.5. The molecule has 0 saturated carbocycles. The first-order valence-corrected chi connectivity index (χ1v) is 7.63. The first-order chi connectivity index (χ1) is 9.65. The van der Waals surface area contributed by atoms with Crippen molar-refractivity contribution in [1.29, 1.82) is 0 Å². The van der Waals surface area contributed by atoms with Crippen LogP contribution in [0.1, 0.15) is 0 Å². The Hall–Kier alpha value is -2.33. The average molecular weight is 282 g/mol. The van der Waals surface area contributed by atoms with Crippen molar-refractivity contribution in [3.63, 3.8) is 0 Å². The molecule has 1 aliphatic rings. The molecule has 0 fully saturated rings. The highest BCUT2D eigenvalue weighted by Gasteiger charge is 2.29. The Bertz CT molecular complexity index is 943. The highest BCUT2D eigenvalue weighted by Crippen LogP contribution is 2.42. The van der Waals surface area contributed by atoms with Gasteiger partial charge < -0.3 is 4.18 Å². The number of benzene rings is 3. The van der Waals surface area contributed by atoms with Crippen LogP contribution in [0.15, 0.2) is 65.6 Å². The summed E-state index contributed by atoms with van der Waals surface area (Å²) >= 11 is 0. The van der Waals surface area contributed by atoms with E-state index in [0.717, 1.165) is 16.3 Å². The molecule has 0 bridgehead atoms. The van der Waals surface area contributed by atoms with Crippen LogP contribution in [0, 0.1) is 0 Å². The third kappa shape index (κ3) is 1.55. The maximum absolute atomic E-state index is 12.1. The minimum absolute atomic E-state index is 0.225. The molecule has 1 aliphatic heterocycles. The minimum atomic E-state index is -3.72. The lowest BCUT2D eigenvalue weighted by Crippen LogP contribution is -2.15. The first kappa shape index (κ1) is 11.5. The van der Waals surface area contributed by atoms with Gasteiger partial charge in [-0.2, -0.15) is 8.42 Å². The topological polar surface area (TPSA) is 43.4 Å². The van der Waals surface area contributed by atoms with Crippen molar-refractivity contribution >= 4 is 20.9 Å². The summed E-state index contributed by atoms with van der Waals surface area (Å²) in [5.74, 6) is 0.391. The van der Waals surface area contributed by atoms with Crippen molar-refractivity contribution < 1.29 is 12.6 Å². The quantitative estimate of drug-likeness (QED) is 0.592. The Morgan fingerprint density at radius 3 is 2.20 bits per heavy atom. The zero-order valence-electron chi connectivity index (χ0n) is 10.4. The lowest BCUT2D eigenvalue weighted by Gasteiger charge is -2.20. The molecule has 0 spiro atoms. The fraction of sp³-hybridized carbons (Fsp3) is 0. The molecule has 98 valence electrons. The normalized spacial score (nSPS) is 15.2. The van der Waals surface area contributed by atoms with Gasteiger partial charge in [-0.25, -0.2) is 0 Å². The molecule has 4 heteroatoms. The van der Waals surface area contributed by atoms with Gasteiger partial charge in [-0.1, -0.05) is 42.5 Å². The van der Waals surface area contributed by atoms with Crippen LogP contribution in [0.3, 0.4) is 0 Å². The van der Waals surface area contributed by atoms with Crippen LogP contribution in [0.25, 0.3) is 21.9 Å². The summed E-state index contributed by atoms with van der Waals surface area (Å²) < 4.78 is 29.5. The van der Waals surface area contributed by atoms with Crippen LogP contribution in [0.2, 0.25) is 0 Å². The van der Waals surface area contributed by atoms with Gasteiger partial charge in [0.1, 0.15) is 4.90 Å². The molecule has 4 rings (SSSR count). The molecule has 1 heterocycles. The Morgan fingerprint density at radius 2 is 1.40 bits per heavy atom. The summed E-state index contributed by atoms with van der Waals surface area (Å²) in [6.45, 7) is 0. The number of rotatable bonds is 0. The predicted octanol–water partition coefficient (Wildman–Crippen LogP) is 3.59. The lowest BCUT2D eigenvalue weighted by atomic mass is 10.00. The molecular formula is C16H10O3S. The monoisotopic (exact) mass is 282 g/mol. The van der Waals surface area contributed by atoms with Gasteiger partial charge in [0.2, 0.25) is 0 Å². The zero-order chi connectivity index (χ0) is 13.7. The van der Waals surface area contributed by atoms with E-state index in [1.165, 1.54) is 0 Å². The maximum atomic E-state index is 12.1. The molecule has 3 nitrogen and oxygen atoms in total. The number of fused-ring (bicyclic) bond motifs is 4. The van der Waals surface area contributed by atoms with Crippen LogP contribution in [0.5, 0.6) is 5.75 Å². The van der Waals surface area contributed by atoms with Crippen molar-refractivity contribution in [2.75, 3.05) is 0 Å². The van der Waals surface area contributed by atoms with Crippen molar-refractivity contribution in [1.82, 2.24) is 0 Å². The van der Waals surface area contributed by atoms with Crippen LogP contribution < -0.4 is 4.18 Å². The molecule has 20 heavy (non-hydrogen) atoms. The van der Waals surface area contributed by atoms with Gasteiger partial charge in [0.25, 0.3) is 0 Å². The van der Waals surface area contributed by atoms with E-state index in [1.807, 2.05) is 42.5 Å². The Labute approximate surface area is 116 Å². The molecule has 0 amide bonds. The van der Waals surface area contributed by atoms with E-state index in [-0.39, 0.29) is 4.90 Å². The van der Waals surface area contributed by atoms with E-state index in [2.05, 4.69) is 0 Å². The van der Waals surface area contributed by atoms with Gasteiger partial charge in [-0.3, -0.25) is 0 Å². The summed E-state index contributed by atoms with van der Waals surface area (Å²) in [4.78, 5) is 0.225. The molecule has 0 saturated heterocycles. The number of hydrogen-bond acceptors (Lipinski definition) is 3. The maximum Gasteiger partial charge on any atom is 0.339 e. The first-order valence-electron chi connectivity index (χ1n) is 6.22. The van der Waals surface area contributed by atoms with Gasteiger partial charge in [0.05, 0.1) is 0 Å². The molecule has 3 aromatic carbocycles. The second-order valence-electron chi connectivity index (χ2n) is 4.73. The standard InChI is InChI=1S/C16H10O3S/c17-20(18)16-8-4-3-7-13(16)14-9-11-5-1-2-6-12(11)10-15(14)19-20/h1-10H. The fourth-order valence-corrected chi connectivity index (χ4v) is 3.73. The SMILES string of the molecule is O=S1(=O)Oc2cc3ccccc3cc2-c2ccccc21. The summed E-state index contributed by atoms with van der Waals surface area (Å²) in [5, 5.41) is 2.02. The van der Waals surface area contributed by atoms with Gasteiger partial charge in [0.15, 0.2) is 5.75 Å². The van der Waals surface area contributed by atoms with Crippen LogP contribution in [-0.2, 0) is 10.1 Å².